The molecule has 1 aliphatic rings. The van der Waals surface area contributed by atoms with Gasteiger partial charge in [-0.05, 0) is 31.0 Å². The van der Waals surface area contributed by atoms with Crippen molar-refractivity contribution in [3.05, 3.63) is 28.2 Å². The van der Waals surface area contributed by atoms with Gasteiger partial charge in [0.15, 0.2) is 0 Å². The lowest BCUT2D eigenvalue weighted by Crippen LogP contribution is -2.47. The number of alkyl halides is 3. The molecule has 0 bridgehead atoms. The van der Waals surface area contributed by atoms with Crippen molar-refractivity contribution >= 4 is 33.4 Å². The van der Waals surface area contributed by atoms with Crippen molar-refractivity contribution in [1.82, 2.24) is 10.2 Å². The quantitative estimate of drug-likeness (QED) is 0.785. The first-order valence-electron chi connectivity index (χ1n) is 7.82. The number of amides is 2. The summed E-state index contributed by atoms with van der Waals surface area (Å²) in [6.07, 6.45) is -3.13. The average molecular weight is 422 g/mol. The zero-order chi connectivity index (χ0) is 18.6. The van der Waals surface area contributed by atoms with Gasteiger partial charge in [-0.3, -0.25) is 9.59 Å². The highest BCUT2D eigenvalue weighted by Crippen LogP contribution is 2.36. The molecule has 2 amide bonds. The Morgan fingerprint density at radius 2 is 1.92 bits per heavy atom. The Labute approximate surface area is 152 Å². The van der Waals surface area contributed by atoms with Gasteiger partial charge in [-0.1, -0.05) is 15.9 Å². The van der Waals surface area contributed by atoms with Gasteiger partial charge in [-0.15, -0.1) is 0 Å². The van der Waals surface area contributed by atoms with E-state index in [0.717, 1.165) is 6.07 Å². The van der Waals surface area contributed by atoms with E-state index in [1.807, 2.05) is 0 Å². The molecule has 0 saturated carbocycles. The zero-order valence-corrected chi connectivity index (χ0v) is 15.2. The standard InChI is InChI=1S/C16H19BrF3N3O2/c1-10(24)23-6-4-11(5-7-23)22-15(25)9-21-12-2-3-14(17)13(8-12)16(18,19)20/h2-3,8,11,21H,4-7,9H2,1H3,(H,22,25). The van der Waals surface area contributed by atoms with Gasteiger partial charge < -0.3 is 15.5 Å². The van der Waals surface area contributed by atoms with Crippen LogP contribution >= 0.6 is 15.9 Å². The number of benzene rings is 1. The van der Waals surface area contributed by atoms with E-state index in [1.54, 1.807) is 4.90 Å². The molecule has 1 fully saturated rings. The lowest BCUT2D eigenvalue weighted by molar-refractivity contribution is -0.138. The maximum atomic E-state index is 12.9. The summed E-state index contributed by atoms with van der Waals surface area (Å²) < 4.78 is 38.5. The fraction of sp³-hybridized carbons (Fsp3) is 0.500. The normalized spacial score (nSPS) is 15.8. The Kier molecular flexibility index (Phi) is 6.31. The molecule has 138 valence electrons. The first-order chi connectivity index (χ1) is 11.7. The molecule has 1 aromatic rings. The molecule has 1 aliphatic heterocycles. The van der Waals surface area contributed by atoms with Gasteiger partial charge >= 0.3 is 6.18 Å². The monoisotopic (exact) mass is 421 g/mol. The molecule has 5 nitrogen and oxygen atoms in total. The van der Waals surface area contributed by atoms with Gasteiger partial charge in [0, 0.05) is 36.2 Å². The second kappa shape index (κ2) is 8.07. The minimum atomic E-state index is -4.47. The van der Waals surface area contributed by atoms with Gasteiger partial charge in [-0.2, -0.15) is 13.2 Å². The molecule has 1 saturated heterocycles. The van der Waals surface area contributed by atoms with Crippen molar-refractivity contribution in [2.75, 3.05) is 25.0 Å². The van der Waals surface area contributed by atoms with Crippen LogP contribution in [-0.4, -0.2) is 42.4 Å². The predicted molar refractivity (Wildman–Crippen MR) is 91.1 cm³/mol. The predicted octanol–water partition coefficient (Wildman–Crippen LogP) is 3.01. The van der Waals surface area contributed by atoms with Gasteiger partial charge in [0.25, 0.3) is 0 Å². The van der Waals surface area contributed by atoms with E-state index in [9.17, 15) is 22.8 Å². The number of anilines is 1. The smallest absolute Gasteiger partial charge is 0.376 e. The molecule has 1 heterocycles. The summed E-state index contributed by atoms with van der Waals surface area (Å²) >= 11 is 2.87. The van der Waals surface area contributed by atoms with Crippen molar-refractivity contribution in [1.29, 1.82) is 0 Å². The van der Waals surface area contributed by atoms with E-state index in [-0.39, 0.29) is 34.6 Å². The third-order valence-corrected chi connectivity index (χ3v) is 4.72. The summed E-state index contributed by atoms with van der Waals surface area (Å²) in [6.45, 7) is 2.58. The highest BCUT2D eigenvalue weighted by molar-refractivity contribution is 9.10. The molecule has 9 heteroatoms. The average Bonchev–Trinajstić information content (AvgIpc) is 2.53. The first-order valence-corrected chi connectivity index (χ1v) is 8.61. The van der Waals surface area contributed by atoms with Crippen LogP contribution in [0.5, 0.6) is 0 Å². The number of halogens is 4. The lowest BCUT2D eigenvalue weighted by atomic mass is 10.1. The van der Waals surface area contributed by atoms with Crippen molar-refractivity contribution in [2.24, 2.45) is 0 Å². The third kappa shape index (κ3) is 5.62. The number of likely N-dealkylation sites (tertiary alicyclic amines) is 1. The number of carbonyl (C=O) groups excluding carboxylic acids is 2. The Morgan fingerprint density at radius 3 is 2.48 bits per heavy atom. The van der Waals surface area contributed by atoms with Crippen LogP contribution in [0.2, 0.25) is 0 Å². The van der Waals surface area contributed by atoms with Crippen LogP contribution in [0.1, 0.15) is 25.3 Å². The van der Waals surface area contributed by atoms with Crippen LogP contribution in [0.3, 0.4) is 0 Å². The van der Waals surface area contributed by atoms with Gasteiger partial charge in [0.2, 0.25) is 11.8 Å². The van der Waals surface area contributed by atoms with E-state index in [0.29, 0.717) is 25.9 Å². The van der Waals surface area contributed by atoms with Crippen LogP contribution < -0.4 is 10.6 Å². The van der Waals surface area contributed by atoms with Crippen LogP contribution in [-0.2, 0) is 15.8 Å². The van der Waals surface area contributed by atoms with Crippen LogP contribution in [0.15, 0.2) is 22.7 Å². The van der Waals surface area contributed by atoms with Crippen molar-refractivity contribution in [2.45, 2.75) is 32.0 Å². The molecule has 1 aromatic carbocycles. The number of hydrogen-bond donors (Lipinski definition) is 2. The summed E-state index contributed by atoms with van der Waals surface area (Å²) in [5.74, 6) is -0.278. The molecule has 0 radical (unpaired) electrons. The van der Waals surface area contributed by atoms with Crippen LogP contribution in [0.4, 0.5) is 18.9 Å². The van der Waals surface area contributed by atoms with E-state index < -0.39 is 11.7 Å². The Balaban J connectivity index is 1.84. The van der Waals surface area contributed by atoms with Crippen LogP contribution in [0, 0.1) is 0 Å². The first kappa shape index (κ1) is 19.6. The fourth-order valence-corrected chi connectivity index (χ4v) is 3.12. The van der Waals surface area contributed by atoms with Gasteiger partial charge in [0.05, 0.1) is 12.1 Å². The highest BCUT2D eigenvalue weighted by Gasteiger charge is 2.33. The summed E-state index contributed by atoms with van der Waals surface area (Å²) in [7, 11) is 0. The van der Waals surface area contributed by atoms with Gasteiger partial charge in [0.1, 0.15) is 0 Å². The summed E-state index contributed by atoms with van der Waals surface area (Å²) in [5, 5.41) is 5.54. The SMILES string of the molecule is CC(=O)N1CCC(NC(=O)CNc2ccc(Br)c(C(F)(F)F)c2)CC1. The maximum Gasteiger partial charge on any atom is 0.417 e. The topological polar surface area (TPSA) is 61.4 Å². The number of rotatable bonds is 4. The Hall–Kier alpha value is -1.77. The molecule has 25 heavy (non-hydrogen) atoms. The summed E-state index contributed by atoms with van der Waals surface area (Å²) in [5.41, 5.74) is -0.577. The molecular weight excluding hydrogens is 403 g/mol. The van der Waals surface area contributed by atoms with Crippen molar-refractivity contribution < 1.29 is 22.8 Å². The molecule has 0 atom stereocenters. The fourth-order valence-electron chi connectivity index (χ4n) is 2.65. The van der Waals surface area contributed by atoms with E-state index >= 15 is 0 Å². The zero-order valence-electron chi connectivity index (χ0n) is 13.6. The molecule has 0 aromatic heterocycles. The Bertz CT molecular complexity index is 644. The molecule has 2 rings (SSSR count). The minimum Gasteiger partial charge on any atom is -0.376 e. The number of nitrogens with zero attached hydrogens (tertiary/aromatic N) is 1. The number of hydrogen-bond acceptors (Lipinski definition) is 3. The molecular formula is C16H19BrF3N3O2. The number of piperidine rings is 1. The second-order valence-corrected chi connectivity index (χ2v) is 6.75. The largest absolute Gasteiger partial charge is 0.417 e. The molecule has 2 N–H and O–H groups in total. The Morgan fingerprint density at radius 1 is 1.28 bits per heavy atom. The van der Waals surface area contributed by atoms with Crippen molar-refractivity contribution in [3.8, 4) is 0 Å². The van der Waals surface area contributed by atoms with Crippen LogP contribution in [0.25, 0.3) is 0 Å². The number of nitrogens with one attached hydrogen (secondary N) is 2. The summed E-state index contributed by atoms with van der Waals surface area (Å²) in [4.78, 5) is 24.9. The summed E-state index contributed by atoms with van der Waals surface area (Å²) in [6, 6.07) is 3.70. The maximum absolute atomic E-state index is 12.9. The minimum absolute atomic E-state index is 0.0159. The number of carbonyl (C=O) groups is 2. The van der Waals surface area contributed by atoms with E-state index in [4.69, 9.17) is 0 Å². The van der Waals surface area contributed by atoms with Gasteiger partial charge in [-0.25, -0.2) is 0 Å². The molecule has 0 spiro atoms. The molecule has 0 aliphatic carbocycles. The third-order valence-electron chi connectivity index (χ3n) is 4.03. The van der Waals surface area contributed by atoms with E-state index in [2.05, 4.69) is 26.6 Å². The van der Waals surface area contributed by atoms with E-state index in [1.165, 1.54) is 19.1 Å². The van der Waals surface area contributed by atoms with Crippen molar-refractivity contribution in [3.63, 3.8) is 0 Å². The lowest BCUT2D eigenvalue weighted by Gasteiger charge is -2.31. The molecule has 0 unspecified atom stereocenters. The highest BCUT2D eigenvalue weighted by atomic mass is 79.9. The second-order valence-electron chi connectivity index (χ2n) is 5.89.